The van der Waals surface area contributed by atoms with Gasteiger partial charge in [-0.15, -0.1) is 10.2 Å². The topological polar surface area (TPSA) is 51.0 Å². The van der Waals surface area contributed by atoms with Crippen molar-refractivity contribution in [1.29, 1.82) is 0 Å². The highest BCUT2D eigenvalue weighted by atomic mass is 127. The van der Waals surface area contributed by atoms with Gasteiger partial charge in [0.2, 0.25) is 11.8 Å². The molecule has 2 aromatic carbocycles. The predicted molar refractivity (Wildman–Crippen MR) is 90.9 cm³/mol. The van der Waals surface area contributed by atoms with E-state index < -0.39 is 0 Å². The maximum atomic E-state index is 5.75. The van der Waals surface area contributed by atoms with Crippen molar-refractivity contribution < 1.29 is 4.42 Å². The van der Waals surface area contributed by atoms with Crippen LogP contribution in [0.15, 0.2) is 59.0 Å². The lowest BCUT2D eigenvalue weighted by Gasteiger charge is -2.11. The summed E-state index contributed by atoms with van der Waals surface area (Å²) >= 11 is 2.29. The van der Waals surface area contributed by atoms with Gasteiger partial charge in [0.1, 0.15) is 6.04 Å². The summed E-state index contributed by atoms with van der Waals surface area (Å²) in [5.41, 5.74) is 1.96. The van der Waals surface area contributed by atoms with Gasteiger partial charge in [-0.05, 0) is 59.8 Å². The fraction of sp³-hybridized carbons (Fsp3) is 0.125. The molecule has 0 bridgehead atoms. The van der Waals surface area contributed by atoms with Crippen molar-refractivity contribution in [2.45, 2.75) is 13.0 Å². The molecule has 0 spiro atoms. The van der Waals surface area contributed by atoms with E-state index in [0.29, 0.717) is 11.8 Å². The maximum absolute atomic E-state index is 5.75. The van der Waals surface area contributed by atoms with Gasteiger partial charge in [0.05, 0.1) is 0 Å². The molecule has 0 aliphatic rings. The molecule has 106 valence electrons. The summed E-state index contributed by atoms with van der Waals surface area (Å²) in [5, 5.41) is 11.6. The van der Waals surface area contributed by atoms with Gasteiger partial charge in [-0.2, -0.15) is 0 Å². The molecule has 1 unspecified atom stereocenters. The van der Waals surface area contributed by atoms with Crippen LogP contribution in [0.5, 0.6) is 0 Å². The third-order valence-electron chi connectivity index (χ3n) is 3.04. The van der Waals surface area contributed by atoms with E-state index in [2.05, 4.69) is 50.2 Å². The fourth-order valence-corrected chi connectivity index (χ4v) is 2.54. The quantitative estimate of drug-likeness (QED) is 0.665. The minimum atomic E-state index is -0.0480. The lowest BCUT2D eigenvalue weighted by molar-refractivity contribution is 0.485. The molecule has 1 heterocycles. The van der Waals surface area contributed by atoms with Crippen molar-refractivity contribution in [2.75, 3.05) is 5.32 Å². The number of aromatic nitrogens is 2. The minimum absolute atomic E-state index is 0.0480. The maximum Gasteiger partial charge on any atom is 0.247 e. The van der Waals surface area contributed by atoms with Gasteiger partial charge in [-0.1, -0.05) is 24.3 Å². The van der Waals surface area contributed by atoms with Crippen molar-refractivity contribution in [3.63, 3.8) is 0 Å². The minimum Gasteiger partial charge on any atom is -0.418 e. The summed E-state index contributed by atoms with van der Waals surface area (Å²) in [5.74, 6) is 1.12. The van der Waals surface area contributed by atoms with Gasteiger partial charge in [0, 0.05) is 14.8 Å². The Bertz CT molecular complexity index is 727. The molecule has 4 nitrogen and oxygen atoms in total. The van der Waals surface area contributed by atoms with Crippen LogP contribution in [0, 0.1) is 3.57 Å². The van der Waals surface area contributed by atoms with Crippen LogP contribution in [0.4, 0.5) is 5.69 Å². The number of hydrogen-bond donors (Lipinski definition) is 1. The van der Waals surface area contributed by atoms with Crippen molar-refractivity contribution in [3.8, 4) is 11.5 Å². The van der Waals surface area contributed by atoms with Gasteiger partial charge >= 0.3 is 0 Å². The monoisotopic (exact) mass is 391 g/mol. The number of nitrogens with zero attached hydrogens (tertiary/aromatic N) is 2. The highest BCUT2D eigenvalue weighted by Gasteiger charge is 2.14. The molecule has 0 fully saturated rings. The van der Waals surface area contributed by atoms with E-state index in [4.69, 9.17) is 4.42 Å². The molecule has 0 aliphatic carbocycles. The SMILES string of the molecule is CC(Nc1cccc(I)c1)c1nnc(-c2ccccc2)o1. The Morgan fingerprint density at radius 3 is 2.62 bits per heavy atom. The Morgan fingerprint density at radius 1 is 1.05 bits per heavy atom. The third kappa shape index (κ3) is 3.41. The molecule has 5 heteroatoms. The molecule has 1 atom stereocenters. The number of halogens is 1. The summed E-state index contributed by atoms with van der Waals surface area (Å²) < 4.78 is 6.93. The number of benzene rings is 2. The summed E-state index contributed by atoms with van der Waals surface area (Å²) in [4.78, 5) is 0. The van der Waals surface area contributed by atoms with Crippen LogP contribution < -0.4 is 5.32 Å². The predicted octanol–water partition coefficient (Wildman–Crippen LogP) is 4.51. The number of hydrogen-bond acceptors (Lipinski definition) is 4. The van der Waals surface area contributed by atoms with Crippen LogP contribution in [0.1, 0.15) is 18.9 Å². The molecule has 0 saturated carbocycles. The van der Waals surface area contributed by atoms with E-state index in [9.17, 15) is 0 Å². The first-order valence-electron chi connectivity index (χ1n) is 6.63. The van der Waals surface area contributed by atoms with Crippen LogP contribution in [-0.2, 0) is 0 Å². The van der Waals surface area contributed by atoms with Gasteiger partial charge in [-0.25, -0.2) is 0 Å². The lowest BCUT2D eigenvalue weighted by atomic mass is 10.2. The third-order valence-corrected chi connectivity index (χ3v) is 3.71. The van der Waals surface area contributed by atoms with Crippen molar-refractivity contribution >= 4 is 28.3 Å². The number of anilines is 1. The van der Waals surface area contributed by atoms with Gasteiger partial charge < -0.3 is 9.73 Å². The first kappa shape index (κ1) is 14.1. The zero-order valence-corrected chi connectivity index (χ0v) is 13.6. The van der Waals surface area contributed by atoms with Gasteiger partial charge in [0.15, 0.2) is 0 Å². The fourth-order valence-electron chi connectivity index (χ4n) is 2.00. The first-order chi connectivity index (χ1) is 10.2. The highest BCUT2D eigenvalue weighted by Crippen LogP contribution is 2.23. The molecule has 0 saturated heterocycles. The van der Waals surface area contributed by atoms with Crippen LogP contribution in [0.25, 0.3) is 11.5 Å². The van der Waals surface area contributed by atoms with Crippen LogP contribution >= 0.6 is 22.6 Å². The number of rotatable bonds is 4. The Kier molecular flexibility index (Phi) is 4.19. The Labute approximate surface area is 136 Å². The Balaban J connectivity index is 1.77. The second-order valence-electron chi connectivity index (χ2n) is 4.69. The molecule has 0 radical (unpaired) electrons. The molecule has 3 aromatic rings. The molecule has 21 heavy (non-hydrogen) atoms. The summed E-state index contributed by atoms with van der Waals surface area (Å²) in [6.07, 6.45) is 0. The number of nitrogens with one attached hydrogen (secondary N) is 1. The zero-order valence-electron chi connectivity index (χ0n) is 11.5. The summed E-state index contributed by atoms with van der Waals surface area (Å²) in [6.45, 7) is 2.00. The van der Waals surface area contributed by atoms with E-state index in [0.717, 1.165) is 11.3 Å². The molecular formula is C16H14IN3O. The highest BCUT2D eigenvalue weighted by molar-refractivity contribution is 14.1. The molecule has 0 aliphatic heterocycles. The van der Waals surface area contributed by atoms with Crippen molar-refractivity contribution in [2.24, 2.45) is 0 Å². The average molecular weight is 391 g/mol. The van der Waals surface area contributed by atoms with Gasteiger partial charge in [-0.3, -0.25) is 0 Å². The second kappa shape index (κ2) is 6.26. The van der Waals surface area contributed by atoms with Crippen molar-refractivity contribution in [3.05, 3.63) is 64.1 Å². The zero-order chi connectivity index (χ0) is 14.7. The smallest absolute Gasteiger partial charge is 0.247 e. The summed E-state index contributed by atoms with van der Waals surface area (Å²) in [6, 6.07) is 17.9. The Hall–Kier alpha value is -1.89. The average Bonchev–Trinajstić information content (AvgIpc) is 2.98. The standard InChI is InChI=1S/C16H14IN3O/c1-11(18-14-9-5-8-13(17)10-14)15-19-20-16(21-15)12-6-3-2-4-7-12/h2-11,18H,1H3. The van der Waals surface area contributed by atoms with Crippen LogP contribution in [-0.4, -0.2) is 10.2 Å². The molecule has 0 amide bonds. The van der Waals surface area contributed by atoms with Gasteiger partial charge in [0.25, 0.3) is 0 Å². The molecule has 3 rings (SSSR count). The van der Waals surface area contributed by atoms with Crippen LogP contribution in [0.3, 0.4) is 0 Å². The van der Waals surface area contributed by atoms with E-state index in [1.165, 1.54) is 3.57 Å². The van der Waals surface area contributed by atoms with E-state index in [-0.39, 0.29) is 6.04 Å². The van der Waals surface area contributed by atoms with E-state index in [1.807, 2.05) is 49.4 Å². The van der Waals surface area contributed by atoms with Crippen LogP contribution in [0.2, 0.25) is 0 Å². The normalized spacial score (nSPS) is 12.1. The Morgan fingerprint density at radius 2 is 1.86 bits per heavy atom. The second-order valence-corrected chi connectivity index (χ2v) is 5.93. The van der Waals surface area contributed by atoms with Crippen molar-refractivity contribution in [1.82, 2.24) is 10.2 Å². The lowest BCUT2D eigenvalue weighted by Crippen LogP contribution is -2.07. The van der Waals surface area contributed by atoms with E-state index >= 15 is 0 Å². The molecular weight excluding hydrogens is 377 g/mol. The molecule has 1 N–H and O–H groups in total. The first-order valence-corrected chi connectivity index (χ1v) is 7.71. The molecule has 1 aromatic heterocycles. The summed E-state index contributed by atoms with van der Waals surface area (Å²) in [7, 11) is 0. The van der Waals surface area contributed by atoms with E-state index in [1.54, 1.807) is 0 Å². The largest absolute Gasteiger partial charge is 0.418 e.